The number of fused-ring (bicyclic) bond motifs is 2. The lowest BCUT2D eigenvalue weighted by molar-refractivity contribution is -0.394. The third-order valence-corrected chi connectivity index (χ3v) is 3.60. The molecule has 0 saturated carbocycles. The van der Waals surface area contributed by atoms with Crippen LogP contribution < -0.4 is 0 Å². The molecule has 120 valence electrons. The zero-order valence-electron chi connectivity index (χ0n) is 11.5. The van der Waals surface area contributed by atoms with Crippen LogP contribution in [-0.2, 0) is 0 Å². The molecule has 2 aromatic rings. The third-order valence-electron chi connectivity index (χ3n) is 3.60. The van der Waals surface area contributed by atoms with E-state index < -0.39 is 49.7 Å². The van der Waals surface area contributed by atoms with Crippen molar-refractivity contribution in [3.63, 3.8) is 0 Å². The van der Waals surface area contributed by atoms with E-state index in [1.165, 1.54) is 0 Å². The average molecular weight is 330 g/mol. The minimum absolute atomic E-state index is 0.207. The second-order valence-electron chi connectivity index (χ2n) is 4.92. The van der Waals surface area contributed by atoms with E-state index in [0.29, 0.717) is 6.07 Å². The Morgan fingerprint density at radius 1 is 0.792 bits per heavy atom. The number of phenolic OH excluding ortho intramolecular Hbond substituents is 2. The number of rotatable bonds is 2. The lowest BCUT2D eigenvalue weighted by atomic mass is 9.82. The van der Waals surface area contributed by atoms with E-state index in [1.54, 1.807) is 0 Å². The number of aromatic hydroxyl groups is 2. The van der Waals surface area contributed by atoms with E-state index in [2.05, 4.69) is 0 Å². The lowest BCUT2D eigenvalue weighted by Crippen LogP contribution is -2.22. The Morgan fingerprint density at radius 2 is 1.38 bits per heavy atom. The summed E-state index contributed by atoms with van der Waals surface area (Å²) in [5, 5.41) is 41.6. The van der Waals surface area contributed by atoms with Gasteiger partial charge >= 0.3 is 5.69 Å². The van der Waals surface area contributed by atoms with E-state index in [4.69, 9.17) is 0 Å². The first-order valence-electron chi connectivity index (χ1n) is 6.35. The Balaban J connectivity index is 2.45. The van der Waals surface area contributed by atoms with Gasteiger partial charge in [-0.2, -0.15) is 0 Å². The van der Waals surface area contributed by atoms with Crippen molar-refractivity contribution in [2.45, 2.75) is 0 Å². The Bertz CT molecular complexity index is 979. The number of hydrogen-bond acceptors (Lipinski definition) is 8. The Hall–Kier alpha value is -3.82. The summed E-state index contributed by atoms with van der Waals surface area (Å²) in [6.07, 6.45) is 0. The fourth-order valence-corrected chi connectivity index (χ4v) is 2.57. The van der Waals surface area contributed by atoms with Crippen LogP contribution in [0.3, 0.4) is 0 Å². The van der Waals surface area contributed by atoms with Crippen molar-refractivity contribution in [3.8, 4) is 11.5 Å². The van der Waals surface area contributed by atoms with Crippen molar-refractivity contribution in [2.75, 3.05) is 0 Å². The fourth-order valence-electron chi connectivity index (χ4n) is 2.57. The van der Waals surface area contributed by atoms with Crippen LogP contribution in [0.4, 0.5) is 11.4 Å². The van der Waals surface area contributed by atoms with Gasteiger partial charge in [-0.1, -0.05) is 0 Å². The molecule has 0 aliphatic heterocycles. The molecule has 0 heterocycles. The molecule has 10 heteroatoms. The molecule has 0 atom stereocenters. The van der Waals surface area contributed by atoms with Gasteiger partial charge in [0, 0.05) is 11.1 Å². The van der Waals surface area contributed by atoms with Gasteiger partial charge in [-0.15, -0.1) is 0 Å². The van der Waals surface area contributed by atoms with Crippen LogP contribution >= 0.6 is 0 Å². The Kier molecular flexibility index (Phi) is 3.04. The van der Waals surface area contributed by atoms with Crippen molar-refractivity contribution in [2.24, 2.45) is 0 Å². The standard InChI is InChI=1S/C14H6N2O8/c17-5-1-2-6-7(3-5)13(19)11-10(12(6)18)8(15(21)22)4-9(14(11)20)16(23)24/h1-4,17,20H. The first kappa shape index (κ1) is 15.1. The minimum Gasteiger partial charge on any atom is -0.508 e. The number of carbonyl (C=O) groups excluding carboxylic acids is 2. The predicted molar refractivity (Wildman–Crippen MR) is 76.4 cm³/mol. The smallest absolute Gasteiger partial charge is 0.318 e. The van der Waals surface area contributed by atoms with Crippen molar-refractivity contribution in [1.82, 2.24) is 0 Å². The fraction of sp³-hybridized carbons (Fsp3) is 0. The molecule has 1 aliphatic carbocycles. The van der Waals surface area contributed by atoms with Crippen molar-refractivity contribution in [3.05, 3.63) is 66.7 Å². The van der Waals surface area contributed by atoms with Gasteiger partial charge in [-0.25, -0.2) is 0 Å². The number of nitro groups is 2. The van der Waals surface area contributed by atoms with Crippen LogP contribution in [0.5, 0.6) is 11.5 Å². The Morgan fingerprint density at radius 3 is 1.96 bits per heavy atom. The first-order chi connectivity index (χ1) is 11.2. The molecule has 2 aromatic carbocycles. The summed E-state index contributed by atoms with van der Waals surface area (Å²) >= 11 is 0. The second kappa shape index (κ2) is 4.84. The maximum absolute atomic E-state index is 12.5. The summed E-state index contributed by atoms with van der Waals surface area (Å²) < 4.78 is 0. The molecule has 0 unspecified atom stereocenters. The second-order valence-corrected chi connectivity index (χ2v) is 4.92. The Labute approximate surface area is 131 Å². The quantitative estimate of drug-likeness (QED) is 0.530. The SMILES string of the molecule is O=C1c2ccc(O)cc2C(=O)c2c(O)c([N+](=O)[O-])cc([N+](=O)[O-])c21. The van der Waals surface area contributed by atoms with Gasteiger partial charge in [0.25, 0.3) is 5.69 Å². The molecule has 24 heavy (non-hydrogen) atoms. The van der Waals surface area contributed by atoms with Gasteiger partial charge in [0.2, 0.25) is 11.5 Å². The van der Waals surface area contributed by atoms with Gasteiger partial charge in [0.15, 0.2) is 5.78 Å². The van der Waals surface area contributed by atoms with Crippen LogP contribution in [0.25, 0.3) is 0 Å². The van der Waals surface area contributed by atoms with Crippen molar-refractivity contribution < 1.29 is 29.6 Å². The number of nitrogens with zero attached hydrogens (tertiary/aromatic N) is 2. The van der Waals surface area contributed by atoms with E-state index in [0.717, 1.165) is 18.2 Å². The van der Waals surface area contributed by atoms with E-state index in [9.17, 15) is 40.0 Å². The largest absolute Gasteiger partial charge is 0.508 e. The molecular formula is C14H6N2O8. The molecule has 2 N–H and O–H groups in total. The first-order valence-corrected chi connectivity index (χ1v) is 6.35. The zero-order valence-corrected chi connectivity index (χ0v) is 11.5. The van der Waals surface area contributed by atoms with Crippen LogP contribution in [0.1, 0.15) is 31.8 Å². The number of nitro benzene ring substituents is 2. The highest BCUT2D eigenvalue weighted by Crippen LogP contribution is 2.43. The van der Waals surface area contributed by atoms with Crippen LogP contribution in [-0.4, -0.2) is 31.6 Å². The maximum Gasteiger partial charge on any atom is 0.318 e. The molecule has 10 nitrogen and oxygen atoms in total. The number of carbonyl (C=O) groups is 2. The van der Waals surface area contributed by atoms with E-state index in [1.807, 2.05) is 0 Å². The number of benzene rings is 2. The van der Waals surface area contributed by atoms with Crippen LogP contribution in [0, 0.1) is 20.2 Å². The molecule has 0 spiro atoms. The summed E-state index contributed by atoms with van der Waals surface area (Å²) in [7, 11) is 0. The topological polar surface area (TPSA) is 161 Å². The summed E-state index contributed by atoms with van der Waals surface area (Å²) in [6, 6.07) is 3.61. The molecule has 0 bridgehead atoms. The van der Waals surface area contributed by atoms with Gasteiger partial charge in [0.05, 0.1) is 21.5 Å². The monoisotopic (exact) mass is 330 g/mol. The molecular weight excluding hydrogens is 324 g/mol. The zero-order chi connectivity index (χ0) is 17.8. The number of ketones is 2. The summed E-state index contributed by atoms with van der Waals surface area (Å²) in [5.74, 6) is -3.46. The van der Waals surface area contributed by atoms with E-state index in [-0.39, 0.29) is 16.9 Å². The highest BCUT2D eigenvalue weighted by molar-refractivity contribution is 6.31. The third kappa shape index (κ3) is 1.90. The van der Waals surface area contributed by atoms with Crippen LogP contribution in [0.15, 0.2) is 24.3 Å². The number of phenols is 2. The molecule has 0 amide bonds. The summed E-state index contributed by atoms with van der Waals surface area (Å²) in [4.78, 5) is 45.0. The van der Waals surface area contributed by atoms with Crippen molar-refractivity contribution >= 4 is 22.9 Å². The summed E-state index contributed by atoms with van der Waals surface area (Å²) in [5.41, 5.74) is -4.07. The van der Waals surface area contributed by atoms with Crippen molar-refractivity contribution in [1.29, 1.82) is 0 Å². The highest BCUT2D eigenvalue weighted by atomic mass is 16.6. The molecule has 0 radical (unpaired) electrons. The highest BCUT2D eigenvalue weighted by Gasteiger charge is 2.41. The molecule has 3 rings (SSSR count). The maximum atomic E-state index is 12.5. The van der Waals surface area contributed by atoms with Gasteiger partial charge < -0.3 is 10.2 Å². The average Bonchev–Trinajstić information content (AvgIpc) is 2.51. The molecule has 0 saturated heterocycles. The van der Waals surface area contributed by atoms with E-state index >= 15 is 0 Å². The van der Waals surface area contributed by atoms with Crippen LogP contribution in [0.2, 0.25) is 0 Å². The predicted octanol–water partition coefficient (Wildman–Crippen LogP) is 1.69. The van der Waals surface area contributed by atoms with Gasteiger partial charge in [0.1, 0.15) is 11.3 Å². The lowest BCUT2D eigenvalue weighted by Gasteiger charge is -2.18. The minimum atomic E-state index is -1.13. The number of hydrogen-bond donors (Lipinski definition) is 2. The summed E-state index contributed by atoms with van der Waals surface area (Å²) in [6.45, 7) is 0. The van der Waals surface area contributed by atoms with Gasteiger partial charge in [-0.3, -0.25) is 29.8 Å². The molecule has 0 aromatic heterocycles. The normalized spacial score (nSPS) is 12.5. The molecule has 1 aliphatic rings. The van der Waals surface area contributed by atoms with Gasteiger partial charge in [-0.05, 0) is 18.2 Å². The molecule has 0 fully saturated rings.